The zero-order chi connectivity index (χ0) is 9.47. The van der Waals surface area contributed by atoms with Crippen molar-refractivity contribution in [3.8, 4) is 5.75 Å². The molecule has 1 aromatic carbocycles. The lowest BCUT2D eigenvalue weighted by Crippen LogP contribution is -2.29. The molecule has 70 valence electrons. The van der Waals surface area contributed by atoms with Gasteiger partial charge in [-0.25, -0.2) is 0 Å². The quantitative estimate of drug-likeness (QED) is 0.710. The van der Waals surface area contributed by atoms with E-state index in [0.29, 0.717) is 0 Å². The van der Waals surface area contributed by atoms with Crippen LogP contribution in [0.4, 0.5) is 0 Å². The number of hydrogen-bond donors (Lipinski definition) is 1. The van der Waals surface area contributed by atoms with E-state index >= 15 is 0 Å². The smallest absolute Gasteiger partial charge is 0.119 e. The summed E-state index contributed by atoms with van der Waals surface area (Å²) in [5.74, 6) is 0.900. The van der Waals surface area contributed by atoms with Gasteiger partial charge in [0.1, 0.15) is 5.75 Å². The van der Waals surface area contributed by atoms with Gasteiger partial charge in [0.25, 0.3) is 0 Å². The van der Waals surface area contributed by atoms with Gasteiger partial charge in [0.05, 0.1) is 7.11 Å². The fraction of sp³-hybridized carbons (Fsp3) is 0.455. The maximum absolute atomic E-state index is 6.16. The molecule has 2 heteroatoms. The summed E-state index contributed by atoms with van der Waals surface area (Å²) < 4.78 is 5.18. The topological polar surface area (TPSA) is 35.2 Å². The Bertz CT molecular complexity index is 331. The molecule has 0 bridgehead atoms. The molecule has 1 aliphatic carbocycles. The first-order chi connectivity index (χ1) is 6.13. The molecule has 0 saturated heterocycles. The van der Waals surface area contributed by atoms with Crippen LogP contribution in [-0.2, 0) is 12.0 Å². The molecule has 0 heterocycles. The van der Waals surface area contributed by atoms with Gasteiger partial charge in [-0.1, -0.05) is 6.07 Å². The Labute approximate surface area is 78.7 Å². The molecule has 1 unspecified atom stereocenters. The lowest BCUT2D eigenvalue weighted by Gasteiger charge is -2.19. The van der Waals surface area contributed by atoms with Crippen LogP contribution in [0, 0.1) is 0 Å². The van der Waals surface area contributed by atoms with Gasteiger partial charge in [0.2, 0.25) is 0 Å². The van der Waals surface area contributed by atoms with Gasteiger partial charge in [-0.15, -0.1) is 0 Å². The van der Waals surface area contributed by atoms with Crippen molar-refractivity contribution in [3.63, 3.8) is 0 Å². The zero-order valence-electron chi connectivity index (χ0n) is 8.13. The van der Waals surface area contributed by atoms with E-state index in [2.05, 4.69) is 19.1 Å². The van der Waals surface area contributed by atoms with E-state index in [1.165, 1.54) is 11.1 Å². The minimum absolute atomic E-state index is 0.163. The number of rotatable bonds is 1. The normalized spacial score (nSPS) is 25.8. The number of fused-ring (bicyclic) bond motifs is 1. The minimum Gasteiger partial charge on any atom is -0.497 e. The Morgan fingerprint density at radius 1 is 1.46 bits per heavy atom. The molecule has 0 radical (unpaired) electrons. The average molecular weight is 177 g/mol. The summed E-state index contributed by atoms with van der Waals surface area (Å²) in [6.07, 6.45) is 2.13. The van der Waals surface area contributed by atoms with Crippen molar-refractivity contribution in [3.05, 3.63) is 29.3 Å². The maximum atomic E-state index is 6.16. The summed E-state index contributed by atoms with van der Waals surface area (Å²) in [6.45, 7) is 2.08. The molecule has 0 aliphatic heterocycles. The molecule has 13 heavy (non-hydrogen) atoms. The molecule has 1 aliphatic rings. The van der Waals surface area contributed by atoms with Crippen LogP contribution in [0.15, 0.2) is 18.2 Å². The summed E-state index contributed by atoms with van der Waals surface area (Å²) in [5, 5.41) is 0. The predicted molar refractivity (Wildman–Crippen MR) is 52.9 cm³/mol. The van der Waals surface area contributed by atoms with Crippen molar-refractivity contribution in [1.29, 1.82) is 0 Å². The van der Waals surface area contributed by atoms with Crippen molar-refractivity contribution >= 4 is 0 Å². The van der Waals surface area contributed by atoms with E-state index in [1.807, 2.05) is 6.07 Å². The van der Waals surface area contributed by atoms with E-state index in [9.17, 15) is 0 Å². The molecule has 0 saturated carbocycles. The first kappa shape index (κ1) is 8.57. The number of benzene rings is 1. The van der Waals surface area contributed by atoms with E-state index < -0.39 is 0 Å². The minimum atomic E-state index is -0.163. The van der Waals surface area contributed by atoms with E-state index in [0.717, 1.165) is 18.6 Å². The van der Waals surface area contributed by atoms with Crippen LogP contribution in [0.3, 0.4) is 0 Å². The first-order valence-electron chi connectivity index (χ1n) is 4.60. The lowest BCUT2D eigenvalue weighted by molar-refractivity contribution is 0.412. The number of hydrogen-bond acceptors (Lipinski definition) is 2. The van der Waals surface area contributed by atoms with E-state index in [1.54, 1.807) is 7.11 Å². The molecule has 0 fully saturated rings. The predicted octanol–water partition coefficient (Wildman–Crippen LogP) is 1.82. The molecule has 0 spiro atoms. The van der Waals surface area contributed by atoms with Crippen LogP contribution in [0.25, 0.3) is 0 Å². The molecule has 2 rings (SSSR count). The lowest BCUT2D eigenvalue weighted by atomic mass is 9.95. The summed E-state index contributed by atoms with van der Waals surface area (Å²) in [5.41, 5.74) is 8.60. The fourth-order valence-corrected chi connectivity index (χ4v) is 1.96. The second-order valence-corrected chi connectivity index (χ2v) is 3.94. The fourth-order valence-electron chi connectivity index (χ4n) is 1.96. The summed E-state index contributed by atoms with van der Waals surface area (Å²) in [6, 6.07) is 6.18. The van der Waals surface area contributed by atoms with Gasteiger partial charge >= 0.3 is 0 Å². The third-order valence-corrected chi connectivity index (χ3v) is 2.85. The van der Waals surface area contributed by atoms with E-state index in [4.69, 9.17) is 10.5 Å². The van der Waals surface area contributed by atoms with Gasteiger partial charge < -0.3 is 10.5 Å². The highest BCUT2D eigenvalue weighted by molar-refractivity contribution is 5.43. The van der Waals surface area contributed by atoms with Crippen molar-refractivity contribution in [2.45, 2.75) is 25.3 Å². The molecule has 0 amide bonds. The van der Waals surface area contributed by atoms with Crippen molar-refractivity contribution in [2.75, 3.05) is 7.11 Å². The van der Waals surface area contributed by atoms with Gasteiger partial charge in [0.15, 0.2) is 0 Å². The second-order valence-electron chi connectivity index (χ2n) is 3.94. The summed E-state index contributed by atoms with van der Waals surface area (Å²) >= 11 is 0. The number of ether oxygens (including phenoxy) is 1. The van der Waals surface area contributed by atoms with Crippen molar-refractivity contribution in [1.82, 2.24) is 0 Å². The molecule has 2 nitrogen and oxygen atoms in total. The molecule has 0 aromatic heterocycles. The summed E-state index contributed by atoms with van der Waals surface area (Å²) in [4.78, 5) is 0. The largest absolute Gasteiger partial charge is 0.497 e. The highest BCUT2D eigenvalue weighted by Gasteiger charge is 2.30. The number of aryl methyl sites for hydroxylation is 1. The Kier molecular flexibility index (Phi) is 1.81. The highest BCUT2D eigenvalue weighted by Crippen LogP contribution is 2.36. The SMILES string of the molecule is COc1ccc2c(c1)C(C)(N)CC2. The van der Waals surface area contributed by atoms with Crippen LogP contribution < -0.4 is 10.5 Å². The third kappa shape index (κ3) is 1.31. The van der Waals surface area contributed by atoms with Crippen molar-refractivity contribution < 1.29 is 4.74 Å². The van der Waals surface area contributed by atoms with Crippen LogP contribution in [0.1, 0.15) is 24.5 Å². The summed E-state index contributed by atoms with van der Waals surface area (Å²) in [7, 11) is 1.69. The van der Waals surface area contributed by atoms with Crippen molar-refractivity contribution in [2.24, 2.45) is 5.73 Å². The van der Waals surface area contributed by atoms with E-state index in [-0.39, 0.29) is 5.54 Å². The zero-order valence-corrected chi connectivity index (χ0v) is 8.13. The highest BCUT2D eigenvalue weighted by atomic mass is 16.5. The molecule has 2 N–H and O–H groups in total. The second kappa shape index (κ2) is 2.74. The first-order valence-corrected chi connectivity index (χ1v) is 4.60. The Hall–Kier alpha value is -1.02. The Morgan fingerprint density at radius 2 is 2.23 bits per heavy atom. The van der Waals surface area contributed by atoms with Gasteiger partial charge in [-0.2, -0.15) is 0 Å². The van der Waals surface area contributed by atoms with Crippen LogP contribution in [0.5, 0.6) is 5.75 Å². The molecular weight excluding hydrogens is 162 g/mol. The monoisotopic (exact) mass is 177 g/mol. The number of methoxy groups -OCH3 is 1. The number of nitrogens with two attached hydrogens (primary N) is 1. The Balaban J connectivity index is 2.50. The molecular formula is C11H15NO. The third-order valence-electron chi connectivity index (χ3n) is 2.85. The Morgan fingerprint density at radius 3 is 2.92 bits per heavy atom. The molecule has 1 aromatic rings. The standard InChI is InChI=1S/C11H15NO/c1-11(12)6-5-8-3-4-9(13-2)7-10(8)11/h3-4,7H,5-6,12H2,1-2H3. The maximum Gasteiger partial charge on any atom is 0.119 e. The van der Waals surface area contributed by atoms with Crippen LogP contribution in [-0.4, -0.2) is 7.11 Å². The molecule has 1 atom stereocenters. The van der Waals surface area contributed by atoms with Crippen LogP contribution in [0.2, 0.25) is 0 Å². The van der Waals surface area contributed by atoms with Gasteiger partial charge in [-0.3, -0.25) is 0 Å². The van der Waals surface area contributed by atoms with Gasteiger partial charge in [0, 0.05) is 5.54 Å². The van der Waals surface area contributed by atoms with Gasteiger partial charge in [-0.05, 0) is 43.0 Å². The average Bonchev–Trinajstić information content (AvgIpc) is 2.42. The van der Waals surface area contributed by atoms with Crippen LogP contribution >= 0.6 is 0 Å².